The van der Waals surface area contributed by atoms with Crippen molar-refractivity contribution in [1.82, 2.24) is 9.29 Å². The maximum atomic E-state index is 11.4. The summed E-state index contributed by atoms with van der Waals surface area (Å²) in [6.45, 7) is 3.44. The molecule has 0 amide bonds. The molecule has 1 aromatic rings. The highest BCUT2D eigenvalue weighted by molar-refractivity contribution is 7.88. The summed E-state index contributed by atoms with van der Waals surface area (Å²) in [5.41, 5.74) is 0.571. The van der Waals surface area contributed by atoms with Crippen molar-refractivity contribution in [3.63, 3.8) is 0 Å². The van der Waals surface area contributed by atoms with E-state index in [0.29, 0.717) is 36.9 Å². The normalized spacial score (nSPS) is 17.4. The van der Waals surface area contributed by atoms with Crippen LogP contribution in [0.4, 0.5) is 11.5 Å². The van der Waals surface area contributed by atoms with Gasteiger partial charge < -0.3 is 5.32 Å². The fourth-order valence-corrected chi connectivity index (χ4v) is 3.40. The van der Waals surface area contributed by atoms with Gasteiger partial charge in [-0.1, -0.05) is 0 Å². The van der Waals surface area contributed by atoms with E-state index in [4.69, 9.17) is 0 Å². The van der Waals surface area contributed by atoms with E-state index < -0.39 is 14.9 Å². The van der Waals surface area contributed by atoms with Crippen molar-refractivity contribution in [3.8, 4) is 0 Å². The Morgan fingerprint density at radius 3 is 2.59 bits per heavy atom. The number of sulfonamides is 1. The molecule has 1 N–H and O–H groups in total. The van der Waals surface area contributed by atoms with Crippen LogP contribution in [0.5, 0.6) is 0 Å². The minimum Gasteiger partial charge on any atom is -0.370 e. The zero-order valence-corrected chi connectivity index (χ0v) is 13.5. The van der Waals surface area contributed by atoms with Gasteiger partial charge in [-0.2, -0.15) is 0 Å². The molecule has 0 radical (unpaired) electrons. The molecule has 0 saturated carbocycles. The lowest BCUT2D eigenvalue weighted by Crippen LogP contribution is -2.39. The zero-order chi connectivity index (χ0) is 16.3. The van der Waals surface area contributed by atoms with Gasteiger partial charge in [0.1, 0.15) is 12.0 Å². The maximum absolute atomic E-state index is 11.4. The second-order valence-electron chi connectivity index (χ2n) is 5.60. The number of anilines is 1. The van der Waals surface area contributed by atoms with Gasteiger partial charge >= 0.3 is 0 Å². The van der Waals surface area contributed by atoms with Crippen molar-refractivity contribution in [1.29, 1.82) is 0 Å². The largest absolute Gasteiger partial charge is 0.370 e. The minimum atomic E-state index is -3.10. The molecule has 22 heavy (non-hydrogen) atoms. The molecular formula is C13H20N4O4S. The second-order valence-corrected chi connectivity index (χ2v) is 7.58. The van der Waals surface area contributed by atoms with Crippen molar-refractivity contribution < 1.29 is 13.3 Å². The fraction of sp³-hybridized carbons (Fsp3) is 0.615. The maximum Gasteiger partial charge on any atom is 0.290 e. The van der Waals surface area contributed by atoms with Crippen LogP contribution in [0.1, 0.15) is 18.4 Å². The summed E-state index contributed by atoms with van der Waals surface area (Å²) in [4.78, 5) is 14.3. The van der Waals surface area contributed by atoms with Gasteiger partial charge in [0.25, 0.3) is 5.69 Å². The molecule has 1 aromatic heterocycles. The van der Waals surface area contributed by atoms with Gasteiger partial charge in [0.2, 0.25) is 10.0 Å². The molecule has 0 aliphatic carbocycles. The molecule has 0 spiro atoms. The smallest absolute Gasteiger partial charge is 0.290 e. The summed E-state index contributed by atoms with van der Waals surface area (Å²) >= 11 is 0. The number of piperidine rings is 1. The summed E-state index contributed by atoms with van der Waals surface area (Å²) in [6.07, 6.45) is 4.08. The van der Waals surface area contributed by atoms with Crippen LogP contribution in [-0.2, 0) is 10.0 Å². The Balaban J connectivity index is 1.87. The van der Waals surface area contributed by atoms with E-state index in [-0.39, 0.29) is 5.69 Å². The second kappa shape index (κ2) is 6.57. The van der Waals surface area contributed by atoms with Crippen LogP contribution in [0.3, 0.4) is 0 Å². The van der Waals surface area contributed by atoms with Crippen molar-refractivity contribution in [3.05, 3.63) is 27.9 Å². The van der Waals surface area contributed by atoms with Gasteiger partial charge in [0.05, 0.1) is 11.2 Å². The average molecular weight is 328 g/mol. The number of nitro groups is 1. The quantitative estimate of drug-likeness (QED) is 0.646. The predicted octanol–water partition coefficient (Wildman–Crippen LogP) is 1.38. The first-order valence-electron chi connectivity index (χ1n) is 7.07. The molecule has 9 heteroatoms. The highest BCUT2D eigenvalue weighted by Gasteiger charge is 2.24. The summed E-state index contributed by atoms with van der Waals surface area (Å²) in [7, 11) is -3.10. The summed E-state index contributed by atoms with van der Waals surface area (Å²) in [6, 6.07) is 1.66. The van der Waals surface area contributed by atoms with Crippen LogP contribution in [0.15, 0.2) is 12.3 Å². The van der Waals surface area contributed by atoms with Crippen molar-refractivity contribution in [2.45, 2.75) is 19.8 Å². The Morgan fingerprint density at radius 1 is 1.45 bits per heavy atom. The number of aromatic nitrogens is 1. The van der Waals surface area contributed by atoms with E-state index in [1.54, 1.807) is 13.0 Å². The minimum absolute atomic E-state index is 0.00649. The third-order valence-electron chi connectivity index (χ3n) is 3.89. The van der Waals surface area contributed by atoms with Crippen molar-refractivity contribution in [2.24, 2.45) is 5.92 Å². The Hall–Kier alpha value is -1.74. The van der Waals surface area contributed by atoms with Crippen LogP contribution in [0.25, 0.3) is 0 Å². The van der Waals surface area contributed by atoms with Gasteiger partial charge in [-0.25, -0.2) is 17.7 Å². The van der Waals surface area contributed by atoms with Crippen LogP contribution in [0.2, 0.25) is 0 Å². The fourth-order valence-electron chi connectivity index (χ4n) is 2.53. The summed E-state index contributed by atoms with van der Waals surface area (Å²) in [5.74, 6) is 0.976. The van der Waals surface area contributed by atoms with E-state index in [0.717, 1.165) is 12.8 Å². The molecule has 0 bridgehead atoms. The monoisotopic (exact) mass is 328 g/mol. The number of nitrogens with zero attached hydrogens (tertiary/aromatic N) is 3. The molecule has 2 rings (SSSR count). The third-order valence-corrected chi connectivity index (χ3v) is 5.20. The summed E-state index contributed by atoms with van der Waals surface area (Å²) < 4.78 is 24.4. The Kier molecular flexibility index (Phi) is 4.97. The molecule has 0 atom stereocenters. The van der Waals surface area contributed by atoms with Gasteiger partial charge in [0.15, 0.2) is 0 Å². The molecule has 1 aliphatic rings. The molecule has 1 aliphatic heterocycles. The predicted molar refractivity (Wildman–Crippen MR) is 83.3 cm³/mol. The molecule has 0 aromatic carbocycles. The lowest BCUT2D eigenvalue weighted by Gasteiger charge is -2.30. The first kappa shape index (κ1) is 16.6. The number of rotatable bonds is 5. The highest BCUT2D eigenvalue weighted by atomic mass is 32.2. The van der Waals surface area contributed by atoms with Gasteiger partial charge in [0, 0.05) is 25.2 Å². The average Bonchev–Trinajstić information content (AvgIpc) is 2.44. The van der Waals surface area contributed by atoms with Crippen molar-refractivity contribution >= 4 is 21.5 Å². The molecule has 122 valence electrons. The zero-order valence-electron chi connectivity index (χ0n) is 12.7. The lowest BCUT2D eigenvalue weighted by molar-refractivity contribution is -0.385. The third kappa shape index (κ3) is 4.14. The first-order chi connectivity index (χ1) is 10.3. The number of nitrogens with one attached hydrogen (secondary N) is 1. The highest BCUT2D eigenvalue weighted by Crippen LogP contribution is 2.22. The van der Waals surface area contributed by atoms with Gasteiger partial charge in [-0.15, -0.1) is 0 Å². The van der Waals surface area contributed by atoms with Gasteiger partial charge in [-0.05, 0) is 31.7 Å². The van der Waals surface area contributed by atoms with E-state index in [9.17, 15) is 18.5 Å². The Morgan fingerprint density at radius 2 is 2.09 bits per heavy atom. The molecule has 8 nitrogen and oxygen atoms in total. The number of aryl methyl sites for hydroxylation is 1. The SMILES string of the molecule is Cc1cc(NCC2CCN(S(C)(=O)=O)CC2)ncc1[N+](=O)[O-]. The van der Waals surface area contributed by atoms with E-state index in [1.165, 1.54) is 16.8 Å². The van der Waals surface area contributed by atoms with Crippen LogP contribution < -0.4 is 5.32 Å². The topological polar surface area (TPSA) is 105 Å². The molecule has 2 heterocycles. The van der Waals surface area contributed by atoms with Crippen molar-refractivity contribution in [2.75, 3.05) is 31.2 Å². The molecule has 1 fully saturated rings. The summed E-state index contributed by atoms with van der Waals surface area (Å²) in [5, 5.41) is 13.9. The molecular weight excluding hydrogens is 308 g/mol. The van der Waals surface area contributed by atoms with Crippen LogP contribution >= 0.6 is 0 Å². The molecule has 0 unspecified atom stereocenters. The standard InChI is InChI=1S/C13H20N4O4S/c1-10-7-13(15-9-12(10)17(18)19)14-8-11-3-5-16(6-4-11)22(2,20)21/h7,9,11H,3-6,8H2,1-2H3,(H,14,15). The van der Waals surface area contributed by atoms with E-state index in [2.05, 4.69) is 10.3 Å². The van der Waals surface area contributed by atoms with Crippen LogP contribution in [-0.4, -0.2) is 48.5 Å². The number of pyridine rings is 1. The first-order valence-corrected chi connectivity index (χ1v) is 8.92. The Bertz CT molecular complexity index is 654. The number of hydrogen-bond donors (Lipinski definition) is 1. The van der Waals surface area contributed by atoms with Gasteiger partial charge in [-0.3, -0.25) is 10.1 Å². The van der Waals surface area contributed by atoms with Crippen LogP contribution in [0, 0.1) is 23.0 Å². The van der Waals surface area contributed by atoms with E-state index >= 15 is 0 Å². The molecule has 1 saturated heterocycles. The lowest BCUT2D eigenvalue weighted by atomic mass is 9.98. The van der Waals surface area contributed by atoms with E-state index in [1.807, 2.05) is 0 Å². The Labute approximate surface area is 129 Å². The number of hydrogen-bond acceptors (Lipinski definition) is 6.